The molecule has 0 fully saturated rings. The highest BCUT2D eigenvalue weighted by Crippen LogP contribution is 2.22. The van der Waals surface area contributed by atoms with Gasteiger partial charge in [-0.2, -0.15) is 13.2 Å². The number of carbonyl (C=O) groups is 1. The summed E-state index contributed by atoms with van der Waals surface area (Å²) in [5.74, 6) is -0.604. The smallest absolute Gasteiger partial charge is 0.348 e. The van der Waals surface area contributed by atoms with Crippen LogP contribution >= 0.6 is 0 Å². The summed E-state index contributed by atoms with van der Waals surface area (Å²) in [6.45, 7) is 3.67. The molecule has 106 valence electrons. The van der Waals surface area contributed by atoms with E-state index in [0.717, 1.165) is 5.69 Å². The van der Waals surface area contributed by atoms with Gasteiger partial charge in [0.1, 0.15) is 0 Å². The zero-order valence-electron chi connectivity index (χ0n) is 10.9. The van der Waals surface area contributed by atoms with Gasteiger partial charge >= 0.3 is 6.18 Å². The summed E-state index contributed by atoms with van der Waals surface area (Å²) in [5, 5.41) is 2.58. The van der Waals surface area contributed by atoms with Crippen LogP contribution in [-0.2, 0) is 4.79 Å². The molecule has 1 rings (SSSR count). The van der Waals surface area contributed by atoms with Crippen LogP contribution in [0.5, 0.6) is 0 Å². The molecule has 0 aliphatic rings. The zero-order valence-corrected chi connectivity index (χ0v) is 10.9. The van der Waals surface area contributed by atoms with Crippen molar-refractivity contribution >= 4 is 5.91 Å². The van der Waals surface area contributed by atoms with Gasteiger partial charge in [-0.05, 0) is 25.5 Å². The Kier molecular flexibility index (Phi) is 5.32. The second kappa shape index (κ2) is 6.54. The topological polar surface area (TPSA) is 42.0 Å². The molecule has 1 N–H and O–H groups in total. The van der Waals surface area contributed by atoms with Crippen LogP contribution < -0.4 is 5.32 Å². The Hall–Kier alpha value is -1.59. The fraction of sp³-hybridized carbons (Fsp3) is 0.538. The Morgan fingerprint density at radius 1 is 1.42 bits per heavy atom. The van der Waals surface area contributed by atoms with E-state index in [1.165, 1.54) is 0 Å². The highest BCUT2D eigenvalue weighted by Gasteiger charge is 2.28. The molecule has 0 aliphatic heterocycles. The minimum atomic E-state index is -4.30. The molecule has 0 spiro atoms. The molecule has 0 bridgehead atoms. The number of alkyl halides is 3. The second-order valence-electron chi connectivity index (χ2n) is 4.35. The summed E-state index contributed by atoms with van der Waals surface area (Å²) in [5.41, 5.74) is 1.48. The summed E-state index contributed by atoms with van der Waals surface area (Å²) in [6, 6.07) is 5.04. The Morgan fingerprint density at radius 3 is 2.63 bits per heavy atom. The number of nitrogens with zero attached hydrogens (tertiary/aromatic N) is 1. The summed E-state index contributed by atoms with van der Waals surface area (Å²) in [4.78, 5) is 15.7. The summed E-state index contributed by atoms with van der Waals surface area (Å²) in [7, 11) is 0. The highest BCUT2D eigenvalue weighted by molar-refractivity contribution is 5.76. The second-order valence-corrected chi connectivity index (χ2v) is 4.35. The van der Waals surface area contributed by atoms with Gasteiger partial charge in [-0.3, -0.25) is 9.78 Å². The molecule has 0 radical (unpaired) electrons. The molecule has 1 aromatic heterocycles. The van der Waals surface area contributed by atoms with Crippen molar-refractivity contribution in [2.75, 3.05) is 0 Å². The predicted molar refractivity (Wildman–Crippen MR) is 65.4 cm³/mol. The Balaban J connectivity index is 2.60. The molecule has 6 heteroatoms. The van der Waals surface area contributed by atoms with E-state index >= 15 is 0 Å². The van der Waals surface area contributed by atoms with Crippen LogP contribution in [0.25, 0.3) is 0 Å². The highest BCUT2D eigenvalue weighted by atomic mass is 19.4. The number of hydrogen-bond acceptors (Lipinski definition) is 2. The van der Waals surface area contributed by atoms with Crippen LogP contribution in [-0.4, -0.2) is 17.1 Å². The standard InChI is InChI=1S/C13H17F3N2O/c1-3-10(11-6-4-5-9(2)17-11)18-12(19)7-8-13(14,15)16/h4-6,10H,3,7-8H2,1-2H3,(H,18,19)/t10-/m0/s1. The molecular weight excluding hydrogens is 257 g/mol. The lowest BCUT2D eigenvalue weighted by molar-refractivity contribution is -0.144. The first-order valence-electron chi connectivity index (χ1n) is 6.11. The van der Waals surface area contributed by atoms with Gasteiger partial charge in [0.15, 0.2) is 0 Å². The van der Waals surface area contributed by atoms with E-state index in [2.05, 4.69) is 10.3 Å². The molecule has 0 aromatic carbocycles. The van der Waals surface area contributed by atoms with E-state index in [1.807, 2.05) is 26.0 Å². The Morgan fingerprint density at radius 2 is 2.11 bits per heavy atom. The van der Waals surface area contributed by atoms with Crippen molar-refractivity contribution in [1.29, 1.82) is 0 Å². The third kappa shape index (κ3) is 5.72. The van der Waals surface area contributed by atoms with Gasteiger partial charge in [-0.1, -0.05) is 13.0 Å². The number of pyridine rings is 1. The van der Waals surface area contributed by atoms with Crippen molar-refractivity contribution in [1.82, 2.24) is 10.3 Å². The number of rotatable bonds is 5. The van der Waals surface area contributed by atoms with Crippen LogP contribution in [0.1, 0.15) is 43.6 Å². The summed E-state index contributed by atoms with van der Waals surface area (Å²) in [6.07, 6.45) is -5.38. The molecule has 1 heterocycles. The van der Waals surface area contributed by atoms with Gasteiger partial charge < -0.3 is 5.32 Å². The van der Waals surface area contributed by atoms with Crippen molar-refractivity contribution in [2.45, 2.75) is 45.3 Å². The Bertz CT molecular complexity index is 432. The SMILES string of the molecule is CC[C@H](NC(=O)CCC(F)(F)F)c1cccc(C)n1. The first-order valence-corrected chi connectivity index (χ1v) is 6.11. The van der Waals surface area contributed by atoms with Crippen LogP contribution in [0.4, 0.5) is 13.2 Å². The fourth-order valence-corrected chi connectivity index (χ4v) is 1.67. The molecule has 1 amide bonds. The number of carbonyl (C=O) groups excluding carboxylic acids is 1. The van der Waals surface area contributed by atoms with Crippen LogP contribution in [0.3, 0.4) is 0 Å². The maximum absolute atomic E-state index is 12.0. The van der Waals surface area contributed by atoms with Crippen LogP contribution in [0, 0.1) is 6.92 Å². The van der Waals surface area contributed by atoms with Gasteiger partial charge in [0.25, 0.3) is 0 Å². The third-order valence-corrected chi connectivity index (χ3v) is 2.65. The van der Waals surface area contributed by atoms with Crippen molar-refractivity contribution in [2.24, 2.45) is 0 Å². The van der Waals surface area contributed by atoms with Gasteiger partial charge in [0, 0.05) is 12.1 Å². The lowest BCUT2D eigenvalue weighted by Gasteiger charge is -2.17. The van der Waals surface area contributed by atoms with Gasteiger partial charge in [0.2, 0.25) is 5.91 Å². The van der Waals surface area contributed by atoms with Crippen LogP contribution in [0.2, 0.25) is 0 Å². The molecule has 0 saturated carbocycles. The molecule has 1 aromatic rings. The molecule has 0 saturated heterocycles. The van der Waals surface area contributed by atoms with E-state index < -0.39 is 24.9 Å². The minimum absolute atomic E-state index is 0.347. The first-order chi connectivity index (χ1) is 8.81. The lowest BCUT2D eigenvalue weighted by Crippen LogP contribution is -2.29. The van der Waals surface area contributed by atoms with Crippen molar-refractivity contribution in [3.63, 3.8) is 0 Å². The van der Waals surface area contributed by atoms with Crippen molar-refractivity contribution in [3.05, 3.63) is 29.6 Å². The number of nitrogens with one attached hydrogen (secondary N) is 1. The van der Waals surface area contributed by atoms with E-state index in [1.54, 1.807) is 6.07 Å². The molecule has 3 nitrogen and oxygen atoms in total. The predicted octanol–water partition coefficient (Wildman–Crippen LogP) is 3.30. The average molecular weight is 274 g/mol. The number of amides is 1. The van der Waals surface area contributed by atoms with Gasteiger partial charge in [-0.15, -0.1) is 0 Å². The Labute approximate surface area is 110 Å². The number of aromatic nitrogens is 1. The van der Waals surface area contributed by atoms with E-state index in [0.29, 0.717) is 12.1 Å². The molecular formula is C13H17F3N2O. The summed E-state index contributed by atoms with van der Waals surface area (Å²) < 4.78 is 36.1. The van der Waals surface area contributed by atoms with E-state index in [-0.39, 0.29) is 6.04 Å². The van der Waals surface area contributed by atoms with E-state index in [9.17, 15) is 18.0 Å². The quantitative estimate of drug-likeness (QED) is 0.895. The maximum atomic E-state index is 12.0. The normalized spacial score (nSPS) is 13.1. The molecule has 0 unspecified atom stereocenters. The van der Waals surface area contributed by atoms with Gasteiger partial charge in [-0.25, -0.2) is 0 Å². The molecule has 19 heavy (non-hydrogen) atoms. The zero-order chi connectivity index (χ0) is 14.5. The summed E-state index contributed by atoms with van der Waals surface area (Å²) >= 11 is 0. The maximum Gasteiger partial charge on any atom is 0.389 e. The average Bonchev–Trinajstić information content (AvgIpc) is 2.32. The van der Waals surface area contributed by atoms with Crippen molar-refractivity contribution < 1.29 is 18.0 Å². The number of hydrogen-bond donors (Lipinski definition) is 1. The molecule has 0 aliphatic carbocycles. The largest absolute Gasteiger partial charge is 0.389 e. The monoisotopic (exact) mass is 274 g/mol. The van der Waals surface area contributed by atoms with Crippen LogP contribution in [0.15, 0.2) is 18.2 Å². The number of aryl methyl sites for hydroxylation is 1. The molecule has 1 atom stereocenters. The first kappa shape index (κ1) is 15.5. The van der Waals surface area contributed by atoms with E-state index in [4.69, 9.17) is 0 Å². The third-order valence-electron chi connectivity index (χ3n) is 2.65. The number of halogens is 3. The van der Waals surface area contributed by atoms with Crippen molar-refractivity contribution in [3.8, 4) is 0 Å². The minimum Gasteiger partial charge on any atom is -0.348 e. The fourth-order valence-electron chi connectivity index (χ4n) is 1.67. The van der Waals surface area contributed by atoms with Gasteiger partial charge in [0.05, 0.1) is 18.2 Å². The lowest BCUT2D eigenvalue weighted by atomic mass is 10.1.